The number of nitrogens with zero attached hydrogens (tertiary/aromatic N) is 4. The third kappa shape index (κ3) is 4.18. The van der Waals surface area contributed by atoms with Gasteiger partial charge in [-0.3, -0.25) is 9.59 Å². The molecule has 2 amide bonds. The van der Waals surface area contributed by atoms with Gasteiger partial charge in [-0.2, -0.15) is 0 Å². The molecular formula is C30H38N4O2. The van der Waals surface area contributed by atoms with Crippen molar-refractivity contribution in [3.63, 3.8) is 0 Å². The average Bonchev–Trinajstić information content (AvgIpc) is 3.66. The molecule has 2 aliphatic heterocycles. The van der Waals surface area contributed by atoms with Gasteiger partial charge in [0.2, 0.25) is 11.8 Å². The number of carbonyl (C=O) groups excluding carboxylic acids is 2. The van der Waals surface area contributed by atoms with Crippen molar-refractivity contribution in [2.75, 3.05) is 44.2 Å². The van der Waals surface area contributed by atoms with Crippen LogP contribution in [0.15, 0.2) is 54.7 Å². The first-order valence-corrected chi connectivity index (χ1v) is 13.9. The highest BCUT2D eigenvalue weighted by Crippen LogP contribution is 2.60. The summed E-state index contributed by atoms with van der Waals surface area (Å²) in [5.74, 6) is 1.81. The zero-order valence-electron chi connectivity index (χ0n) is 21.3. The molecule has 2 saturated carbocycles. The SMILES string of the molecule is O=C(C1CC12CCN(C(=O)C1(c3ccccc3)CCCCC1)CC2)N1CCN(c2ccccn2)CC1. The maximum atomic E-state index is 14.0. The van der Waals surface area contributed by atoms with Gasteiger partial charge in [0.15, 0.2) is 0 Å². The van der Waals surface area contributed by atoms with Crippen LogP contribution in [0.1, 0.15) is 56.9 Å². The number of likely N-dealkylation sites (tertiary alicyclic amines) is 1. The normalized spacial score (nSPS) is 25.0. The van der Waals surface area contributed by atoms with Gasteiger partial charge in [0.25, 0.3) is 0 Å². The summed E-state index contributed by atoms with van der Waals surface area (Å²) in [7, 11) is 0. The van der Waals surface area contributed by atoms with Crippen LogP contribution in [-0.2, 0) is 15.0 Å². The third-order valence-electron chi connectivity index (χ3n) is 9.54. The van der Waals surface area contributed by atoms with Crippen LogP contribution in [0.25, 0.3) is 0 Å². The Morgan fingerprint density at radius 3 is 2.11 bits per heavy atom. The fourth-order valence-electron chi connectivity index (χ4n) is 7.16. The molecule has 1 atom stereocenters. The zero-order valence-corrected chi connectivity index (χ0v) is 21.3. The van der Waals surface area contributed by atoms with E-state index in [4.69, 9.17) is 0 Å². The van der Waals surface area contributed by atoms with Crippen LogP contribution in [0.4, 0.5) is 5.82 Å². The van der Waals surface area contributed by atoms with Gasteiger partial charge in [0.05, 0.1) is 5.41 Å². The lowest BCUT2D eigenvalue weighted by Crippen LogP contribution is -2.52. The molecular weight excluding hydrogens is 448 g/mol. The van der Waals surface area contributed by atoms with E-state index >= 15 is 0 Å². The van der Waals surface area contributed by atoms with Crippen LogP contribution in [0.2, 0.25) is 0 Å². The first kappa shape index (κ1) is 23.5. The summed E-state index contributed by atoms with van der Waals surface area (Å²) in [4.78, 5) is 38.3. The number of carbonyl (C=O) groups is 2. The molecule has 2 aliphatic carbocycles. The van der Waals surface area contributed by atoms with E-state index < -0.39 is 0 Å². The van der Waals surface area contributed by atoms with Crippen molar-refractivity contribution in [2.24, 2.45) is 11.3 Å². The number of benzene rings is 1. The molecule has 6 heteroatoms. The first-order chi connectivity index (χ1) is 17.6. The van der Waals surface area contributed by atoms with Crippen molar-refractivity contribution in [1.82, 2.24) is 14.8 Å². The quantitative estimate of drug-likeness (QED) is 0.648. The van der Waals surface area contributed by atoms with E-state index in [0.717, 1.165) is 90.0 Å². The van der Waals surface area contributed by atoms with E-state index in [-0.39, 0.29) is 16.7 Å². The van der Waals surface area contributed by atoms with E-state index in [1.54, 1.807) is 0 Å². The van der Waals surface area contributed by atoms with Crippen molar-refractivity contribution in [1.29, 1.82) is 0 Å². The summed E-state index contributed by atoms with van der Waals surface area (Å²) in [6.07, 6.45) is 10.2. The molecule has 0 bridgehead atoms. The number of hydrogen-bond acceptors (Lipinski definition) is 4. The smallest absolute Gasteiger partial charge is 0.233 e. The monoisotopic (exact) mass is 486 g/mol. The molecule has 1 spiro atoms. The lowest BCUT2D eigenvalue weighted by atomic mass is 9.68. The second-order valence-electron chi connectivity index (χ2n) is 11.4. The molecule has 6 rings (SSSR count). The minimum absolute atomic E-state index is 0.123. The Hall–Kier alpha value is -2.89. The molecule has 1 unspecified atom stereocenters. The predicted molar refractivity (Wildman–Crippen MR) is 141 cm³/mol. The lowest BCUT2D eigenvalue weighted by molar-refractivity contribution is -0.141. The molecule has 4 aliphatic rings. The fourth-order valence-corrected chi connectivity index (χ4v) is 7.16. The van der Waals surface area contributed by atoms with Gasteiger partial charge < -0.3 is 14.7 Å². The minimum Gasteiger partial charge on any atom is -0.353 e. The van der Waals surface area contributed by atoms with Crippen molar-refractivity contribution < 1.29 is 9.59 Å². The molecule has 2 saturated heterocycles. The highest BCUT2D eigenvalue weighted by Gasteiger charge is 2.60. The third-order valence-corrected chi connectivity index (χ3v) is 9.54. The lowest BCUT2D eigenvalue weighted by Gasteiger charge is -2.43. The molecule has 0 radical (unpaired) electrons. The van der Waals surface area contributed by atoms with Gasteiger partial charge >= 0.3 is 0 Å². The summed E-state index contributed by atoms with van der Waals surface area (Å²) in [6.45, 7) is 4.81. The Bertz CT molecular complexity index is 1070. The van der Waals surface area contributed by atoms with Crippen LogP contribution >= 0.6 is 0 Å². The predicted octanol–water partition coefficient (Wildman–Crippen LogP) is 4.26. The summed E-state index contributed by atoms with van der Waals surface area (Å²) < 4.78 is 0. The Labute approximate surface area is 214 Å². The van der Waals surface area contributed by atoms with Gasteiger partial charge in [-0.25, -0.2) is 4.98 Å². The van der Waals surface area contributed by atoms with Crippen LogP contribution in [0, 0.1) is 11.3 Å². The largest absolute Gasteiger partial charge is 0.353 e. The second kappa shape index (κ2) is 9.53. The highest BCUT2D eigenvalue weighted by molar-refractivity contribution is 5.89. The first-order valence-electron chi connectivity index (χ1n) is 13.9. The van der Waals surface area contributed by atoms with Crippen LogP contribution in [0.5, 0.6) is 0 Å². The zero-order chi connectivity index (χ0) is 24.6. The van der Waals surface area contributed by atoms with E-state index in [0.29, 0.717) is 11.8 Å². The number of rotatable bonds is 4. The van der Waals surface area contributed by atoms with Crippen molar-refractivity contribution in [2.45, 2.75) is 56.8 Å². The molecule has 2 aromatic rings. The van der Waals surface area contributed by atoms with Crippen molar-refractivity contribution in [3.05, 3.63) is 60.3 Å². The Balaban J connectivity index is 1.06. The maximum absolute atomic E-state index is 14.0. The number of pyridine rings is 1. The van der Waals surface area contributed by atoms with Crippen LogP contribution in [0.3, 0.4) is 0 Å². The van der Waals surface area contributed by atoms with E-state index in [1.807, 2.05) is 30.5 Å². The summed E-state index contributed by atoms with van der Waals surface area (Å²) in [5.41, 5.74) is 0.966. The maximum Gasteiger partial charge on any atom is 0.233 e. The van der Waals surface area contributed by atoms with E-state index in [1.165, 1.54) is 12.0 Å². The summed E-state index contributed by atoms with van der Waals surface area (Å²) in [6, 6.07) is 16.5. The Morgan fingerprint density at radius 1 is 0.750 bits per heavy atom. The molecule has 190 valence electrons. The van der Waals surface area contributed by atoms with Crippen LogP contribution < -0.4 is 4.90 Å². The summed E-state index contributed by atoms with van der Waals surface area (Å²) in [5, 5.41) is 0. The number of hydrogen-bond donors (Lipinski definition) is 0. The number of amides is 2. The summed E-state index contributed by atoms with van der Waals surface area (Å²) >= 11 is 0. The second-order valence-corrected chi connectivity index (χ2v) is 11.4. The molecule has 1 aromatic carbocycles. The standard InChI is InChI=1S/C30H38N4O2/c35-27(33-21-19-32(20-22-33)26-11-5-8-16-31-26)25-23-29(25)14-17-34(18-15-29)28(36)30(12-6-2-7-13-30)24-9-3-1-4-10-24/h1,3-5,8-11,16,25H,2,6-7,12-15,17-23H2. The molecule has 6 nitrogen and oxygen atoms in total. The molecule has 4 fully saturated rings. The van der Waals surface area contributed by atoms with Gasteiger partial charge in [0, 0.05) is 51.4 Å². The molecule has 1 aromatic heterocycles. The topological polar surface area (TPSA) is 56.8 Å². The number of piperidine rings is 1. The minimum atomic E-state index is -0.351. The van der Waals surface area contributed by atoms with Crippen molar-refractivity contribution in [3.8, 4) is 0 Å². The number of piperazine rings is 1. The number of aromatic nitrogens is 1. The molecule has 36 heavy (non-hydrogen) atoms. The van der Waals surface area contributed by atoms with Gasteiger partial charge in [-0.15, -0.1) is 0 Å². The van der Waals surface area contributed by atoms with Gasteiger partial charge in [-0.1, -0.05) is 55.7 Å². The Kier molecular flexibility index (Phi) is 6.22. The van der Waals surface area contributed by atoms with E-state index in [9.17, 15) is 9.59 Å². The molecule has 3 heterocycles. The number of anilines is 1. The fraction of sp³-hybridized carbons (Fsp3) is 0.567. The van der Waals surface area contributed by atoms with Gasteiger partial charge in [0.1, 0.15) is 5.82 Å². The van der Waals surface area contributed by atoms with Crippen molar-refractivity contribution >= 4 is 17.6 Å². The van der Waals surface area contributed by atoms with Gasteiger partial charge in [-0.05, 0) is 55.2 Å². The Morgan fingerprint density at radius 2 is 1.44 bits per heavy atom. The average molecular weight is 487 g/mol. The highest BCUT2D eigenvalue weighted by atomic mass is 16.2. The molecule has 0 N–H and O–H groups in total. The van der Waals surface area contributed by atoms with E-state index in [2.05, 4.69) is 43.9 Å². The van der Waals surface area contributed by atoms with Crippen LogP contribution in [-0.4, -0.2) is 65.9 Å².